The van der Waals surface area contributed by atoms with Crippen molar-refractivity contribution in [1.29, 1.82) is 0 Å². The minimum Gasteiger partial charge on any atom is -0.480 e. The Bertz CT molecular complexity index is 1160. The number of fused-ring (bicyclic) bond motifs is 3. The molecule has 0 bridgehead atoms. The molecule has 4 rings (SSSR count). The zero-order valence-electron chi connectivity index (χ0n) is 16.8. The molecule has 0 unspecified atom stereocenters. The number of carboxylic acids is 1. The Labute approximate surface area is 192 Å². The highest BCUT2D eigenvalue weighted by atomic mass is 79.9. The number of ether oxygens (including phenoxy) is 1. The lowest BCUT2D eigenvalue weighted by atomic mass is 9.98. The van der Waals surface area contributed by atoms with Crippen molar-refractivity contribution >= 4 is 39.6 Å². The molecule has 0 heterocycles. The van der Waals surface area contributed by atoms with Gasteiger partial charge in [-0.25, -0.2) is 4.79 Å². The summed E-state index contributed by atoms with van der Waals surface area (Å²) in [6.45, 7) is -0.395. The molecule has 1 aliphatic rings. The van der Waals surface area contributed by atoms with Gasteiger partial charge in [0.15, 0.2) is 0 Å². The molecular formula is C24H19BrN2O5. The number of carbonyl (C=O) groups is 3. The average molecular weight is 495 g/mol. The minimum atomic E-state index is -1.17. The molecule has 162 valence electrons. The lowest BCUT2D eigenvalue weighted by Gasteiger charge is -2.16. The Morgan fingerprint density at radius 2 is 1.56 bits per heavy atom. The first kappa shape index (κ1) is 21.6. The summed E-state index contributed by atoms with van der Waals surface area (Å²) >= 11 is 3.31. The summed E-state index contributed by atoms with van der Waals surface area (Å²) in [6.07, 6.45) is -0.711. The number of benzene rings is 3. The number of carboxylic acid groups (broad SMARTS) is 1. The summed E-state index contributed by atoms with van der Waals surface area (Å²) in [5.74, 6) is -1.87. The molecule has 7 nitrogen and oxygen atoms in total. The van der Waals surface area contributed by atoms with Crippen molar-refractivity contribution in [2.75, 3.05) is 18.5 Å². The molecule has 3 N–H and O–H groups in total. The van der Waals surface area contributed by atoms with Gasteiger partial charge >= 0.3 is 12.1 Å². The summed E-state index contributed by atoms with van der Waals surface area (Å²) in [4.78, 5) is 35.6. The van der Waals surface area contributed by atoms with E-state index in [0.29, 0.717) is 4.47 Å². The molecule has 0 saturated heterocycles. The lowest BCUT2D eigenvalue weighted by Crippen LogP contribution is -2.30. The molecule has 2 amide bonds. The van der Waals surface area contributed by atoms with Gasteiger partial charge in [-0.15, -0.1) is 0 Å². The third-order valence-electron chi connectivity index (χ3n) is 5.21. The maximum absolute atomic E-state index is 12.6. The molecule has 3 aromatic carbocycles. The van der Waals surface area contributed by atoms with Gasteiger partial charge < -0.3 is 15.2 Å². The number of nitrogens with one attached hydrogen (secondary N) is 2. The van der Waals surface area contributed by atoms with Gasteiger partial charge in [-0.3, -0.25) is 14.9 Å². The summed E-state index contributed by atoms with van der Waals surface area (Å²) in [7, 11) is 0. The van der Waals surface area contributed by atoms with E-state index in [0.717, 1.165) is 22.3 Å². The lowest BCUT2D eigenvalue weighted by molar-refractivity contribution is -0.135. The Kier molecular flexibility index (Phi) is 6.23. The van der Waals surface area contributed by atoms with Gasteiger partial charge in [-0.05, 0) is 40.5 Å². The summed E-state index contributed by atoms with van der Waals surface area (Å²) < 4.78 is 6.17. The van der Waals surface area contributed by atoms with Crippen LogP contribution in [0.4, 0.5) is 10.5 Å². The van der Waals surface area contributed by atoms with Gasteiger partial charge in [-0.2, -0.15) is 0 Å². The van der Waals surface area contributed by atoms with E-state index in [1.54, 1.807) is 12.1 Å². The molecule has 32 heavy (non-hydrogen) atoms. The van der Waals surface area contributed by atoms with Crippen LogP contribution in [0.5, 0.6) is 0 Å². The summed E-state index contributed by atoms with van der Waals surface area (Å²) in [5.41, 5.74) is 4.78. The SMILES string of the molecule is O=C(O)CNC(=O)c1ccc(Br)cc1NC(=O)OCC1c2ccccc2-c2ccccc21. The number of rotatable bonds is 6. The molecule has 3 aromatic rings. The first-order valence-electron chi connectivity index (χ1n) is 9.85. The fraction of sp³-hybridized carbons (Fsp3) is 0.125. The molecule has 1 aliphatic carbocycles. The highest BCUT2D eigenvalue weighted by Crippen LogP contribution is 2.44. The fourth-order valence-electron chi connectivity index (χ4n) is 3.81. The first-order chi connectivity index (χ1) is 15.4. The van der Waals surface area contributed by atoms with Crippen LogP contribution in [0.2, 0.25) is 0 Å². The van der Waals surface area contributed by atoms with E-state index in [9.17, 15) is 14.4 Å². The van der Waals surface area contributed by atoms with E-state index in [1.807, 2.05) is 36.4 Å². The quantitative estimate of drug-likeness (QED) is 0.463. The minimum absolute atomic E-state index is 0.0889. The largest absolute Gasteiger partial charge is 0.480 e. The van der Waals surface area contributed by atoms with Crippen LogP contribution >= 0.6 is 15.9 Å². The number of carbonyl (C=O) groups excluding carboxylic acids is 2. The molecule has 0 spiro atoms. The van der Waals surface area contributed by atoms with E-state index < -0.39 is 24.5 Å². The molecular weight excluding hydrogens is 476 g/mol. The predicted octanol–water partition coefficient (Wildman–Crippen LogP) is 4.62. The zero-order chi connectivity index (χ0) is 22.7. The molecule has 0 radical (unpaired) electrons. The second kappa shape index (κ2) is 9.23. The Balaban J connectivity index is 1.48. The number of amides is 2. The van der Waals surface area contributed by atoms with Crippen molar-refractivity contribution in [2.45, 2.75) is 5.92 Å². The third-order valence-corrected chi connectivity index (χ3v) is 5.70. The van der Waals surface area contributed by atoms with Crippen molar-refractivity contribution in [3.05, 3.63) is 87.9 Å². The van der Waals surface area contributed by atoms with Crippen LogP contribution in [-0.4, -0.2) is 36.2 Å². The van der Waals surface area contributed by atoms with E-state index in [1.165, 1.54) is 6.07 Å². The van der Waals surface area contributed by atoms with Gasteiger partial charge in [0.05, 0.1) is 11.3 Å². The van der Waals surface area contributed by atoms with E-state index >= 15 is 0 Å². The molecule has 0 atom stereocenters. The van der Waals surface area contributed by atoms with E-state index in [2.05, 4.69) is 38.7 Å². The van der Waals surface area contributed by atoms with Crippen LogP contribution < -0.4 is 10.6 Å². The number of aliphatic carboxylic acids is 1. The predicted molar refractivity (Wildman–Crippen MR) is 123 cm³/mol. The molecule has 0 saturated carbocycles. The monoisotopic (exact) mass is 494 g/mol. The van der Waals surface area contributed by atoms with Crippen LogP contribution in [-0.2, 0) is 9.53 Å². The van der Waals surface area contributed by atoms with Crippen molar-refractivity contribution in [3.8, 4) is 11.1 Å². The first-order valence-corrected chi connectivity index (χ1v) is 10.6. The standard InChI is InChI=1S/C24H19BrN2O5/c25-14-9-10-19(23(30)26-12-22(28)29)21(11-14)27-24(31)32-13-20-17-7-3-1-5-15(17)16-6-2-4-8-18(16)20/h1-11,20H,12-13H2,(H,26,30)(H,27,31)(H,28,29). The van der Waals surface area contributed by atoms with Crippen LogP contribution in [0.1, 0.15) is 27.4 Å². The van der Waals surface area contributed by atoms with Crippen LogP contribution in [0.3, 0.4) is 0 Å². The van der Waals surface area contributed by atoms with Gasteiger partial charge in [0.2, 0.25) is 0 Å². The molecule has 0 aliphatic heterocycles. The van der Waals surface area contributed by atoms with Gasteiger partial charge in [0.25, 0.3) is 5.91 Å². The van der Waals surface area contributed by atoms with Gasteiger partial charge in [0, 0.05) is 10.4 Å². The number of anilines is 1. The Morgan fingerprint density at radius 3 is 2.19 bits per heavy atom. The average Bonchev–Trinajstić information content (AvgIpc) is 3.10. The third kappa shape index (κ3) is 4.50. The maximum Gasteiger partial charge on any atom is 0.411 e. The topological polar surface area (TPSA) is 105 Å². The number of halogens is 1. The summed E-state index contributed by atoms with van der Waals surface area (Å²) in [5, 5.41) is 13.6. The van der Waals surface area contributed by atoms with Crippen LogP contribution in [0.15, 0.2) is 71.2 Å². The number of hydrogen-bond acceptors (Lipinski definition) is 4. The smallest absolute Gasteiger partial charge is 0.411 e. The van der Waals surface area contributed by atoms with Gasteiger partial charge in [-0.1, -0.05) is 64.5 Å². The van der Waals surface area contributed by atoms with Crippen LogP contribution in [0.25, 0.3) is 11.1 Å². The molecule has 0 aromatic heterocycles. The number of hydrogen-bond donors (Lipinski definition) is 3. The fourth-order valence-corrected chi connectivity index (χ4v) is 4.17. The van der Waals surface area contributed by atoms with Crippen LogP contribution in [0, 0.1) is 0 Å². The van der Waals surface area contributed by atoms with Crippen molar-refractivity contribution < 1.29 is 24.2 Å². The van der Waals surface area contributed by atoms with Crippen molar-refractivity contribution in [1.82, 2.24) is 5.32 Å². The van der Waals surface area contributed by atoms with Gasteiger partial charge in [0.1, 0.15) is 13.2 Å². The highest BCUT2D eigenvalue weighted by molar-refractivity contribution is 9.10. The zero-order valence-corrected chi connectivity index (χ0v) is 18.4. The normalized spacial score (nSPS) is 11.9. The second-order valence-electron chi connectivity index (χ2n) is 7.22. The van der Waals surface area contributed by atoms with E-state index in [-0.39, 0.29) is 23.8 Å². The molecule has 8 heteroatoms. The summed E-state index contributed by atoms with van der Waals surface area (Å²) in [6, 6.07) is 20.7. The van der Waals surface area contributed by atoms with Crippen molar-refractivity contribution in [2.24, 2.45) is 0 Å². The maximum atomic E-state index is 12.6. The Morgan fingerprint density at radius 1 is 0.938 bits per heavy atom. The second-order valence-corrected chi connectivity index (χ2v) is 8.13. The Hall–Kier alpha value is -3.65. The highest BCUT2D eigenvalue weighted by Gasteiger charge is 2.29. The molecule has 0 fully saturated rings. The van der Waals surface area contributed by atoms with Crippen molar-refractivity contribution in [3.63, 3.8) is 0 Å². The van der Waals surface area contributed by atoms with E-state index in [4.69, 9.17) is 9.84 Å².